The summed E-state index contributed by atoms with van der Waals surface area (Å²) in [7, 11) is 8.61. The fourth-order valence-corrected chi connectivity index (χ4v) is 2.34. The molecule has 0 atom stereocenters. The van der Waals surface area contributed by atoms with Crippen LogP contribution < -0.4 is 5.32 Å². The van der Waals surface area contributed by atoms with Gasteiger partial charge in [-0.1, -0.05) is 0 Å². The normalized spacial score (nSPS) is 25.6. The van der Waals surface area contributed by atoms with E-state index in [0.29, 0.717) is 0 Å². The molecule has 0 saturated carbocycles. The van der Waals surface area contributed by atoms with Gasteiger partial charge < -0.3 is 29.7 Å². The van der Waals surface area contributed by atoms with Gasteiger partial charge in [0.1, 0.15) is 0 Å². The van der Waals surface area contributed by atoms with Crippen LogP contribution >= 0.6 is 0 Å². The predicted octanol–water partition coefficient (Wildman–Crippen LogP) is -0.667. The van der Waals surface area contributed by atoms with Gasteiger partial charge in [-0.15, -0.1) is 0 Å². The Labute approximate surface area is 137 Å². The van der Waals surface area contributed by atoms with E-state index in [1.807, 2.05) is 0 Å². The second-order valence-corrected chi connectivity index (χ2v) is 6.58. The molecule has 22 heavy (non-hydrogen) atoms. The van der Waals surface area contributed by atoms with E-state index < -0.39 is 0 Å². The SMILES string of the molecule is CN1CCN(C)CC1.CN1CCNCC1.CN1CCOCC1. The summed E-state index contributed by atoms with van der Waals surface area (Å²) in [6, 6.07) is 0. The zero-order valence-electron chi connectivity index (χ0n) is 15.2. The molecule has 3 aliphatic heterocycles. The first-order valence-electron chi connectivity index (χ1n) is 8.60. The molecule has 0 amide bonds. The van der Waals surface area contributed by atoms with Crippen LogP contribution in [0.2, 0.25) is 0 Å². The van der Waals surface area contributed by atoms with Crippen molar-refractivity contribution in [3.63, 3.8) is 0 Å². The van der Waals surface area contributed by atoms with Crippen molar-refractivity contribution in [3.05, 3.63) is 0 Å². The Morgan fingerprint density at radius 1 is 0.545 bits per heavy atom. The van der Waals surface area contributed by atoms with Crippen LogP contribution in [0, 0.1) is 0 Å². The number of likely N-dealkylation sites (N-methyl/N-ethyl adjacent to an activating group) is 4. The highest BCUT2D eigenvalue weighted by atomic mass is 16.5. The maximum atomic E-state index is 5.10. The van der Waals surface area contributed by atoms with E-state index in [-0.39, 0.29) is 0 Å². The predicted molar refractivity (Wildman–Crippen MR) is 93.7 cm³/mol. The molecule has 3 heterocycles. The zero-order chi connectivity index (χ0) is 16.2. The molecule has 0 unspecified atom stereocenters. The summed E-state index contributed by atoms with van der Waals surface area (Å²) < 4.78 is 5.10. The number of morpholine rings is 1. The Bertz CT molecular complexity index is 221. The van der Waals surface area contributed by atoms with Gasteiger partial charge >= 0.3 is 0 Å². The molecule has 1 N–H and O–H groups in total. The van der Waals surface area contributed by atoms with Crippen LogP contribution in [0.25, 0.3) is 0 Å². The second-order valence-electron chi connectivity index (χ2n) is 6.58. The van der Waals surface area contributed by atoms with Crippen LogP contribution in [0.1, 0.15) is 0 Å². The molecule has 0 aromatic rings. The molecule has 0 bridgehead atoms. The van der Waals surface area contributed by atoms with Gasteiger partial charge in [0.2, 0.25) is 0 Å². The van der Waals surface area contributed by atoms with Crippen LogP contribution in [0.3, 0.4) is 0 Å². The Balaban J connectivity index is 0.000000166. The first-order valence-corrected chi connectivity index (χ1v) is 8.60. The van der Waals surface area contributed by atoms with E-state index in [4.69, 9.17) is 4.74 Å². The topological polar surface area (TPSA) is 34.2 Å². The Morgan fingerprint density at radius 3 is 1.18 bits per heavy atom. The molecule has 3 rings (SSSR count). The largest absolute Gasteiger partial charge is 0.379 e. The number of nitrogens with zero attached hydrogens (tertiary/aromatic N) is 4. The lowest BCUT2D eigenvalue weighted by Crippen LogP contribution is -2.42. The molecule has 0 spiro atoms. The monoisotopic (exact) mass is 315 g/mol. The number of hydrogen-bond donors (Lipinski definition) is 1. The minimum Gasteiger partial charge on any atom is -0.379 e. The summed E-state index contributed by atoms with van der Waals surface area (Å²) in [6.07, 6.45) is 0. The summed E-state index contributed by atoms with van der Waals surface area (Å²) in [4.78, 5) is 9.32. The summed E-state index contributed by atoms with van der Waals surface area (Å²) in [6.45, 7) is 13.7. The fraction of sp³-hybridized carbons (Fsp3) is 1.00. The molecule has 0 radical (unpaired) electrons. The molecule has 3 aliphatic rings. The first kappa shape index (κ1) is 19.8. The molecule has 0 aliphatic carbocycles. The lowest BCUT2D eigenvalue weighted by molar-refractivity contribution is 0.0503. The van der Waals surface area contributed by atoms with Crippen molar-refractivity contribution in [2.45, 2.75) is 0 Å². The van der Waals surface area contributed by atoms with Crippen molar-refractivity contribution in [2.75, 3.05) is 107 Å². The van der Waals surface area contributed by atoms with Crippen molar-refractivity contribution in [3.8, 4) is 0 Å². The fourth-order valence-electron chi connectivity index (χ4n) is 2.34. The lowest BCUT2D eigenvalue weighted by Gasteiger charge is -2.28. The van der Waals surface area contributed by atoms with Crippen molar-refractivity contribution in [1.29, 1.82) is 0 Å². The van der Waals surface area contributed by atoms with Crippen LogP contribution in [-0.4, -0.2) is 126 Å². The van der Waals surface area contributed by atoms with E-state index in [9.17, 15) is 0 Å². The number of rotatable bonds is 0. The quantitative estimate of drug-likeness (QED) is 0.639. The van der Waals surface area contributed by atoms with Gasteiger partial charge in [0.05, 0.1) is 13.2 Å². The van der Waals surface area contributed by atoms with E-state index in [2.05, 4.69) is 53.1 Å². The zero-order valence-corrected chi connectivity index (χ0v) is 15.2. The highest BCUT2D eigenvalue weighted by molar-refractivity contribution is 4.64. The van der Waals surface area contributed by atoms with Crippen LogP contribution in [0.4, 0.5) is 0 Å². The Hall–Kier alpha value is -0.240. The van der Waals surface area contributed by atoms with Crippen LogP contribution in [-0.2, 0) is 4.74 Å². The Kier molecular flexibility index (Phi) is 11.0. The first-order chi connectivity index (χ1) is 10.6. The molecule has 132 valence electrons. The number of nitrogens with one attached hydrogen (secondary N) is 1. The van der Waals surface area contributed by atoms with Crippen molar-refractivity contribution >= 4 is 0 Å². The highest BCUT2D eigenvalue weighted by Crippen LogP contribution is 1.93. The highest BCUT2D eigenvalue weighted by Gasteiger charge is 2.07. The van der Waals surface area contributed by atoms with Gasteiger partial charge in [-0.2, -0.15) is 0 Å². The van der Waals surface area contributed by atoms with Gasteiger partial charge in [-0.05, 0) is 28.2 Å². The van der Waals surface area contributed by atoms with E-state index in [1.165, 1.54) is 39.3 Å². The standard InChI is InChI=1S/C6H14N2.C5H12N2.C5H11NO/c1-7-3-5-8(2)6-4-7;1-7-4-2-6-3-5-7;1-6-2-4-7-5-3-6/h3-6H2,1-2H3;6H,2-5H2,1H3;2-5H2,1H3. The minimum atomic E-state index is 0.913. The maximum Gasteiger partial charge on any atom is 0.0594 e. The Morgan fingerprint density at radius 2 is 0.909 bits per heavy atom. The van der Waals surface area contributed by atoms with Gasteiger partial charge in [0.15, 0.2) is 0 Å². The van der Waals surface area contributed by atoms with Gasteiger partial charge in [0.25, 0.3) is 0 Å². The average Bonchev–Trinajstić information content (AvgIpc) is 2.53. The molecule has 3 saturated heterocycles. The molecule has 6 heteroatoms. The third-order valence-corrected chi connectivity index (χ3v) is 4.30. The lowest BCUT2D eigenvalue weighted by atomic mass is 10.4. The third-order valence-electron chi connectivity index (χ3n) is 4.30. The van der Waals surface area contributed by atoms with E-state index >= 15 is 0 Å². The second kappa shape index (κ2) is 12.2. The molecule has 6 nitrogen and oxygen atoms in total. The minimum absolute atomic E-state index is 0.913. The van der Waals surface area contributed by atoms with Gasteiger partial charge in [0, 0.05) is 65.4 Å². The van der Waals surface area contributed by atoms with Crippen LogP contribution in [0.5, 0.6) is 0 Å². The summed E-state index contributed by atoms with van der Waals surface area (Å²) in [5.74, 6) is 0. The smallest absolute Gasteiger partial charge is 0.0594 e. The van der Waals surface area contributed by atoms with Gasteiger partial charge in [-0.25, -0.2) is 0 Å². The van der Waals surface area contributed by atoms with E-state index in [0.717, 1.165) is 39.4 Å². The van der Waals surface area contributed by atoms with Gasteiger partial charge in [-0.3, -0.25) is 0 Å². The molecule has 0 aromatic carbocycles. The summed E-state index contributed by atoms with van der Waals surface area (Å²) >= 11 is 0. The molecule has 0 aromatic heterocycles. The van der Waals surface area contributed by atoms with Crippen LogP contribution in [0.15, 0.2) is 0 Å². The number of hydrogen-bond acceptors (Lipinski definition) is 6. The molecular weight excluding hydrogens is 278 g/mol. The molecular formula is C16H37N5O. The van der Waals surface area contributed by atoms with Crippen molar-refractivity contribution in [1.82, 2.24) is 24.9 Å². The summed E-state index contributed by atoms with van der Waals surface area (Å²) in [5, 5.41) is 3.27. The van der Waals surface area contributed by atoms with E-state index in [1.54, 1.807) is 0 Å². The maximum absolute atomic E-state index is 5.10. The summed E-state index contributed by atoms with van der Waals surface area (Å²) in [5.41, 5.74) is 0. The third kappa shape index (κ3) is 10.5. The average molecular weight is 316 g/mol. The number of piperazine rings is 2. The van der Waals surface area contributed by atoms with Crippen molar-refractivity contribution in [2.24, 2.45) is 0 Å². The number of ether oxygens (including phenoxy) is 1. The van der Waals surface area contributed by atoms with Crippen molar-refractivity contribution < 1.29 is 4.74 Å². The molecule has 3 fully saturated rings.